The number of esters is 1. The predicted octanol–water partition coefficient (Wildman–Crippen LogP) is 11.1. The first kappa shape index (κ1) is 36.2. The van der Waals surface area contributed by atoms with Gasteiger partial charge in [0, 0.05) is 6.42 Å². The molecule has 4 nitrogen and oxygen atoms in total. The maximum Gasteiger partial charge on any atom is 0.311 e. The van der Waals surface area contributed by atoms with Crippen molar-refractivity contribution in [2.24, 2.45) is 0 Å². The van der Waals surface area contributed by atoms with E-state index in [2.05, 4.69) is 13.8 Å². The van der Waals surface area contributed by atoms with Crippen molar-refractivity contribution in [1.29, 1.82) is 0 Å². The highest BCUT2D eigenvalue weighted by molar-refractivity contribution is 5.72. The van der Waals surface area contributed by atoms with Crippen LogP contribution in [-0.2, 0) is 4.79 Å². The van der Waals surface area contributed by atoms with Crippen molar-refractivity contribution in [3.63, 3.8) is 0 Å². The normalized spacial score (nSPS) is 11.1. The number of rotatable bonds is 28. The summed E-state index contributed by atoms with van der Waals surface area (Å²) in [6, 6.07) is 6.41. The summed E-state index contributed by atoms with van der Waals surface area (Å²) in [4.78, 5) is 24.6. The van der Waals surface area contributed by atoms with Crippen molar-refractivity contribution in [2.75, 3.05) is 6.61 Å². The van der Waals surface area contributed by atoms with Gasteiger partial charge in [0.05, 0.1) is 6.61 Å². The fourth-order valence-electron chi connectivity index (χ4n) is 5.13. The lowest BCUT2D eigenvalue weighted by atomic mass is 10.0. The van der Waals surface area contributed by atoms with Gasteiger partial charge in [0.2, 0.25) is 5.43 Å². The summed E-state index contributed by atoms with van der Waals surface area (Å²) < 4.78 is 11.2. The standard InChI is InChI=1S/C36H62O4/c1-3-5-7-9-11-13-15-16-18-20-22-24-26-32-39-33-28-30-34(37)35(31-29-33)40-36(38)27-25-23-21-19-17-14-12-10-8-6-4-2/h28-31H,3-27,32H2,1-2H3. The Labute approximate surface area is 247 Å². The molecule has 0 aliphatic rings. The second kappa shape index (κ2) is 27.3. The first-order chi connectivity index (χ1) is 19.7. The molecule has 0 heterocycles. The molecule has 0 saturated heterocycles. The molecule has 230 valence electrons. The molecule has 0 atom stereocenters. The summed E-state index contributed by atoms with van der Waals surface area (Å²) in [6.07, 6.45) is 31.2. The molecule has 0 bridgehead atoms. The number of unbranched alkanes of at least 4 members (excludes halogenated alkanes) is 22. The van der Waals surface area contributed by atoms with E-state index in [0.29, 0.717) is 18.8 Å². The molecule has 0 fully saturated rings. The van der Waals surface area contributed by atoms with Crippen molar-refractivity contribution >= 4 is 5.97 Å². The van der Waals surface area contributed by atoms with Crippen LogP contribution in [0, 0.1) is 0 Å². The topological polar surface area (TPSA) is 52.6 Å². The van der Waals surface area contributed by atoms with Gasteiger partial charge in [-0.2, -0.15) is 0 Å². The maximum atomic E-state index is 12.3. The molecule has 0 radical (unpaired) electrons. The summed E-state index contributed by atoms with van der Waals surface area (Å²) in [5.74, 6) is 0.404. The van der Waals surface area contributed by atoms with E-state index < -0.39 is 0 Å². The highest BCUT2D eigenvalue weighted by Crippen LogP contribution is 2.16. The molecule has 40 heavy (non-hydrogen) atoms. The molecule has 0 aliphatic carbocycles. The molecule has 1 aromatic carbocycles. The quantitative estimate of drug-likeness (QED) is 0.0758. The Morgan fingerprint density at radius 2 is 0.925 bits per heavy atom. The van der Waals surface area contributed by atoms with Crippen molar-refractivity contribution in [3.05, 3.63) is 34.5 Å². The highest BCUT2D eigenvalue weighted by atomic mass is 16.5. The van der Waals surface area contributed by atoms with Crippen molar-refractivity contribution < 1.29 is 14.3 Å². The van der Waals surface area contributed by atoms with Gasteiger partial charge in [-0.3, -0.25) is 9.59 Å². The largest absolute Gasteiger partial charge is 0.494 e. The lowest BCUT2D eigenvalue weighted by Crippen LogP contribution is -2.12. The van der Waals surface area contributed by atoms with Gasteiger partial charge in [0.25, 0.3) is 0 Å². The summed E-state index contributed by atoms with van der Waals surface area (Å²) in [5.41, 5.74) is -0.289. The fourth-order valence-corrected chi connectivity index (χ4v) is 5.13. The second-order valence-electron chi connectivity index (χ2n) is 11.6. The summed E-state index contributed by atoms with van der Waals surface area (Å²) >= 11 is 0. The van der Waals surface area contributed by atoms with Crippen LogP contribution in [0.2, 0.25) is 0 Å². The second-order valence-corrected chi connectivity index (χ2v) is 11.6. The predicted molar refractivity (Wildman–Crippen MR) is 171 cm³/mol. The fraction of sp³-hybridized carbons (Fsp3) is 0.778. The number of hydrogen-bond acceptors (Lipinski definition) is 4. The maximum absolute atomic E-state index is 12.3. The van der Waals surface area contributed by atoms with Crippen LogP contribution >= 0.6 is 0 Å². The minimum absolute atomic E-state index is 0.0869. The minimum Gasteiger partial charge on any atom is -0.494 e. The third-order valence-corrected chi connectivity index (χ3v) is 7.77. The Hall–Kier alpha value is -1.84. The van der Waals surface area contributed by atoms with E-state index in [1.807, 2.05) is 0 Å². The molecular weight excluding hydrogens is 496 g/mol. The Morgan fingerprint density at radius 1 is 0.525 bits per heavy atom. The van der Waals surface area contributed by atoms with Gasteiger partial charge in [-0.25, -0.2) is 0 Å². The lowest BCUT2D eigenvalue weighted by Gasteiger charge is -2.05. The Kier molecular flexibility index (Phi) is 24.7. The van der Waals surface area contributed by atoms with Crippen LogP contribution in [-0.4, -0.2) is 12.6 Å². The minimum atomic E-state index is -0.325. The monoisotopic (exact) mass is 558 g/mol. The van der Waals surface area contributed by atoms with Crippen LogP contribution in [0.5, 0.6) is 11.5 Å². The lowest BCUT2D eigenvalue weighted by molar-refractivity contribution is -0.134. The average Bonchev–Trinajstić information content (AvgIpc) is 3.12. The van der Waals surface area contributed by atoms with E-state index in [1.54, 1.807) is 18.2 Å². The van der Waals surface area contributed by atoms with Crippen LogP contribution in [0.4, 0.5) is 0 Å². The Morgan fingerprint density at radius 3 is 1.40 bits per heavy atom. The molecule has 0 amide bonds. The van der Waals surface area contributed by atoms with E-state index in [-0.39, 0.29) is 17.1 Å². The molecule has 0 spiro atoms. The van der Waals surface area contributed by atoms with Gasteiger partial charge in [-0.05, 0) is 37.1 Å². The van der Waals surface area contributed by atoms with Gasteiger partial charge in [0.15, 0.2) is 5.75 Å². The number of hydrogen-bond donors (Lipinski definition) is 0. The number of ether oxygens (including phenoxy) is 2. The first-order valence-corrected chi connectivity index (χ1v) is 17.1. The number of carbonyl (C=O) groups excluding carboxylic acids is 1. The number of carbonyl (C=O) groups is 1. The molecule has 4 heteroatoms. The Balaban J connectivity index is 2.07. The third kappa shape index (κ3) is 21.9. The molecule has 0 aromatic heterocycles. The zero-order chi connectivity index (χ0) is 28.9. The van der Waals surface area contributed by atoms with Gasteiger partial charge in [-0.1, -0.05) is 155 Å². The van der Waals surface area contributed by atoms with E-state index >= 15 is 0 Å². The van der Waals surface area contributed by atoms with Crippen LogP contribution < -0.4 is 14.9 Å². The molecule has 1 rings (SSSR count). The van der Waals surface area contributed by atoms with Crippen molar-refractivity contribution in [1.82, 2.24) is 0 Å². The highest BCUT2D eigenvalue weighted by Gasteiger charge is 2.08. The van der Waals surface area contributed by atoms with Gasteiger partial charge >= 0.3 is 5.97 Å². The first-order valence-electron chi connectivity index (χ1n) is 17.1. The van der Waals surface area contributed by atoms with Crippen LogP contribution in [0.15, 0.2) is 29.1 Å². The zero-order valence-corrected chi connectivity index (χ0v) is 26.3. The van der Waals surface area contributed by atoms with Crippen molar-refractivity contribution in [3.8, 4) is 11.5 Å². The van der Waals surface area contributed by atoms with E-state index in [1.165, 1.54) is 134 Å². The molecule has 0 aliphatic heterocycles. The smallest absolute Gasteiger partial charge is 0.311 e. The molecule has 1 aromatic rings. The van der Waals surface area contributed by atoms with Gasteiger partial charge < -0.3 is 9.47 Å². The summed E-state index contributed by atoms with van der Waals surface area (Å²) in [6.45, 7) is 5.17. The molecular formula is C36H62O4. The molecule has 0 unspecified atom stereocenters. The zero-order valence-electron chi connectivity index (χ0n) is 26.3. The SMILES string of the molecule is CCCCCCCCCCCCCCCOc1ccc(OC(=O)CCCCCCCCCCCCC)c(=O)cc1. The summed E-state index contributed by atoms with van der Waals surface area (Å²) in [5, 5.41) is 0. The van der Waals surface area contributed by atoms with Crippen molar-refractivity contribution in [2.45, 2.75) is 174 Å². The third-order valence-electron chi connectivity index (χ3n) is 7.77. The Bertz CT molecular complexity index is 776. The van der Waals surface area contributed by atoms with Crippen LogP contribution in [0.1, 0.15) is 174 Å². The summed E-state index contributed by atoms with van der Waals surface area (Å²) in [7, 11) is 0. The average molecular weight is 559 g/mol. The van der Waals surface area contributed by atoms with Crippen LogP contribution in [0.25, 0.3) is 0 Å². The van der Waals surface area contributed by atoms with Crippen LogP contribution in [0.3, 0.4) is 0 Å². The van der Waals surface area contributed by atoms with E-state index in [4.69, 9.17) is 9.47 Å². The van der Waals surface area contributed by atoms with Gasteiger partial charge in [-0.15, -0.1) is 0 Å². The molecule has 0 N–H and O–H groups in total. The van der Waals surface area contributed by atoms with E-state index in [0.717, 1.165) is 25.7 Å². The van der Waals surface area contributed by atoms with E-state index in [9.17, 15) is 9.59 Å². The molecule has 0 saturated carbocycles. The van der Waals surface area contributed by atoms with Gasteiger partial charge in [0.1, 0.15) is 5.75 Å².